The minimum absolute atomic E-state index is 0.0238. The highest BCUT2D eigenvalue weighted by atomic mass is 19.1. The summed E-state index contributed by atoms with van der Waals surface area (Å²) in [6.07, 6.45) is 4.48. The summed E-state index contributed by atoms with van der Waals surface area (Å²) < 4.78 is 27.9. The summed E-state index contributed by atoms with van der Waals surface area (Å²) in [6.45, 7) is 0.473. The van der Waals surface area contributed by atoms with Crippen molar-refractivity contribution in [3.8, 4) is 0 Å². The molecule has 1 fully saturated rings. The summed E-state index contributed by atoms with van der Waals surface area (Å²) in [5.74, 6) is -1.54. The number of carbonyl (C=O) groups excluding carboxylic acids is 2. The summed E-state index contributed by atoms with van der Waals surface area (Å²) in [5, 5.41) is 2.78. The van der Waals surface area contributed by atoms with Crippen LogP contribution in [0.4, 0.5) is 14.5 Å². The van der Waals surface area contributed by atoms with Crippen LogP contribution in [0.2, 0.25) is 0 Å². The third-order valence-electron chi connectivity index (χ3n) is 5.82. The number of aromatic nitrogens is 1. The predicted molar refractivity (Wildman–Crippen MR) is 120 cm³/mol. The largest absolute Gasteiger partial charge is 0.335 e. The number of rotatable bonds is 6. The topological polar surface area (TPSA) is 88.3 Å². The van der Waals surface area contributed by atoms with Crippen molar-refractivity contribution < 1.29 is 18.4 Å². The molecule has 170 valence electrons. The molecule has 1 aromatic heterocycles. The molecule has 2 unspecified atom stereocenters. The molecule has 0 radical (unpaired) electrons. The maximum absolute atomic E-state index is 14.3. The number of nitrogens with two attached hydrogens (primary N) is 1. The van der Waals surface area contributed by atoms with Gasteiger partial charge in [-0.25, -0.2) is 8.78 Å². The van der Waals surface area contributed by atoms with Gasteiger partial charge in [0.15, 0.2) is 0 Å². The molecule has 4 rings (SSSR count). The average molecular weight is 450 g/mol. The molecule has 3 aromatic rings. The number of amides is 2. The van der Waals surface area contributed by atoms with Crippen LogP contribution in [0.5, 0.6) is 0 Å². The van der Waals surface area contributed by atoms with Crippen molar-refractivity contribution in [2.45, 2.75) is 31.3 Å². The number of hydrogen-bond acceptors (Lipinski definition) is 4. The highest BCUT2D eigenvalue weighted by molar-refractivity contribution is 6.04. The number of likely N-dealkylation sites (tertiary alicyclic amines) is 1. The number of carbonyl (C=O) groups is 2. The Labute approximate surface area is 190 Å². The molecule has 0 saturated carbocycles. The first kappa shape index (κ1) is 22.5. The van der Waals surface area contributed by atoms with Gasteiger partial charge in [0, 0.05) is 48.2 Å². The smallest absolute Gasteiger partial charge is 0.255 e. The number of nitrogens with one attached hydrogen (secondary N) is 1. The predicted octanol–water partition coefficient (Wildman–Crippen LogP) is 4.37. The van der Waals surface area contributed by atoms with Crippen molar-refractivity contribution in [1.82, 2.24) is 9.88 Å². The number of halogens is 2. The number of benzene rings is 2. The summed E-state index contributed by atoms with van der Waals surface area (Å²) in [5.41, 5.74) is 8.25. The number of pyridine rings is 1. The van der Waals surface area contributed by atoms with Crippen LogP contribution in [0.3, 0.4) is 0 Å². The Morgan fingerprint density at radius 1 is 1.09 bits per heavy atom. The van der Waals surface area contributed by atoms with Gasteiger partial charge in [-0.2, -0.15) is 0 Å². The Balaban J connectivity index is 1.40. The number of anilines is 1. The van der Waals surface area contributed by atoms with Crippen LogP contribution >= 0.6 is 0 Å². The van der Waals surface area contributed by atoms with Crippen molar-refractivity contribution in [3.05, 3.63) is 95.3 Å². The fourth-order valence-electron chi connectivity index (χ4n) is 4.10. The molecule has 2 amide bonds. The molecule has 33 heavy (non-hydrogen) atoms. The quantitative estimate of drug-likeness (QED) is 0.584. The fourth-order valence-corrected chi connectivity index (χ4v) is 4.10. The zero-order valence-corrected chi connectivity index (χ0v) is 17.9. The molecule has 2 atom stereocenters. The molecular formula is C25H24F2N4O2. The van der Waals surface area contributed by atoms with E-state index in [0.717, 1.165) is 18.2 Å². The first-order valence-corrected chi connectivity index (χ1v) is 10.7. The van der Waals surface area contributed by atoms with Gasteiger partial charge < -0.3 is 16.0 Å². The minimum atomic E-state index is -0.589. The van der Waals surface area contributed by atoms with Crippen LogP contribution in [0.15, 0.2) is 67.0 Å². The van der Waals surface area contributed by atoms with E-state index in [1.807, 2.05) is 0 Å². The second kappa shape index (κ2) is 9.87. The zero-order valence-electron chi connectivity index (χ0n) is 17.9. The van der Waals surface area contributed by atoms with Gasteiger partial charge >= 0.3 is 0 Å². The molecule has 2 aromatic carbocycles. The molecule has 2 heterocycles. The van der Waals surface area contributed by atoms with E-state index in [-0.39, 0.29) is 23.8 Å². The van der Waals surface area contributed by atoms with Crippen molar-refractivity contribution in [1.29, 1.82) is 0 Å². The number of hydrogen-bond donors (Lipinski definition) is 2. The van der Waals surface area contributed by atoms with Crippen molar-refractivity contribution in [2.75, 3.05) is 11.9 Å². The van der Waals surface area contributed by atoms with Gasteiger partial charge in [0.25, 0.3) is 5.91 Å². The van der Waals surface area contributed by atoms with Gasteiger partial charge in [0.1, 0.15) is 11.6 Å². The van der Waals surface area contributed by atoms with Crippen LogP contribution in [-0.2, 0) is 4.79 Å². The molecular weight excluding hydrogens is 426 g/mol. The third kappa shape index (κ3) is 5.23. The molecule has 0 bridgehead atoms. The summed E-state index contributed by atoms with van der Waals surface area (Å²) in [7, 11) is 0. The molecule has 1 saturated heterocycles. The fraction of sp³-hybridized carbons (Fsp3) is 0.240. The Kier molecular flexibility index (Phi) is 6.74. The Bertz CT molecular complexity index is 1140. The maximum atomic E-state index is 14.3. The van der Waals surface area contributed by atoms with Crippen molar-refractivity contribution in [2.24, 2.45) is 5.73 Å². The Morgan fingerprint density at radius 2 is 1.82 bits per heavy atom. The van der Waals surface area contributed by atoms with Crippen LogP contribution < -0.4 is 11.1 Å². The second-order valence-electron chi connectivity index (χ2n) is 8.03. The van der Waals surface area contributed by atoms with Crippen LogP contribution in [0.25, 0.3) is 0 Å². The molecule has 1 aliphatic rings. The standard InChI is InChI=1S/C25H24F2N4O2/c26-18-7-8-21(27)20(14-18)23-2-1-13-31(23)24(32)15-22(28)16-3-5-17(6-4-16)25(33)30-19-9-11-29-12-10-19/h3-12,14,22-23H,1-2,13,15,28H2,(H,29,30,33). The molecule has 0 spiro atoms. The van der Waals surface area contributed by atoms with E-state index < -0.39 is 23.7 Å². The van der Waals surface area contributed by atoms with E-state index in [1.165, 1.54) is 0 Å². The van der Waals surface area contributed by atoms with Crippen molar-refractivity contribution in [3.63, 3.8) is 0 Å². The zero-order chi connectivity index (χ0) is 23.4. The van der Waals surface area contributed by atoms with E-state index in [2.05, 4.69) is 10.3 Å². The highest BCUT2D eigenvalue weighted by Gasteiger charge is 2.32. The summed E-state index contributed by atoms with van der Waals surface area (Å²) >= 11 is 0. The Hall–Kier alpha value is -3.65. The third-order valence-corrected chi connectivity index (χ3v) is 5.82. The van der Waals surface area contributed by atoms with Gasteiger partial charge in [-0.3, -0.25) is 14.6 Å². The SMILES string of the molecule is NC(CC(=O)N1CCCC1c1cc(F)ccc1F)c1ccc(C(=O)Nc2ccncc2)cc1. The van der Waals surface area contributed by atoms with Gasteiger partial charge in [0.2, 0.25) is 5.91 Å². The normalized spacial score (nSPS) is 16.5. The van der Waals surface area contributed by atoms with Crippen LogP contribution in [-0.4, -0.2) is 28.2 Å². The monoisotopic (exact) mass is 450 g/mol. The van der Waals surface area contributed by atoms with Gasteiger partial charge in [-0.1, -0.05) is 12.1 Å². The van der Waals surface area contributed by atoms with Gasteiger partial charge in [-0.05, 0) is 60.9 Å². The molecule has 6 nitrogen and oxygen atoms in total. The minimum Gasteiger partial charge on any atom is -0.335 e. The van der Waals surface area contributed by atoms with E-state index in [1.54, 1.807) is 53.7 Å². The molecule has 0 aliphatic carbocycles. The lowest BCUT2D eigenvalue weighted by atomic mass is 10.0. The van der Waals surface area contributed by atoms with E-state index in [9.17, 15) is 18.4 Å². The second-order valence-corrected chi connectivity index (χ2v) is 8.03. The van der Waals surface area contributed by atoms with Gasteiger partial charge in [0.05, 0.1) is 6.04 Å². The van der Waals surface area contributed by atoms with E-state index in [4.69, 9.17) is 5.73 Å². The van der Waals surface area contributed by atoms with E-state index in [0.29, 0.717) is 36.2 Å². The van der Waals surface area contributed by atoms with Crippen LogP contribution in [0.1, 0.15) is 52.8 Å². The average Bonchev–Trinajstić information content (AvgIpc) is 3.31. The number of nitrogens with zero attached hydrogens (tertiary/aromatic N) is 2. The highest BCUT2D eigenvalue weighted by Crippen LogP contribution is 2.35. The van der Waals surface area contributed by atoms with Crippen molar-refractivity contribution >= 4 is 17.5 Å². The maximum Gasteiger partial charge on any atom is 0.255 e. The molecule has 8 heteroatoms. The van der Waals surface area contributed by atoms with Gasteiger partial charge in [-0.15, -0.1) is 0 Å². The lowest BCUT2D eigenvalue weighted by Crippen LogP contribution is -2.33. The summed E-state index contributed by atoms with van der Waals surface area (Å²) in [4.78, 5) is 30.8. The molecule has 1 aliphatic heterocycles. The first-order chi connectivity index (χ1) is 15.9. The lowest BCUT2D eigenvalue weighted by Gasteiger charge is -2.27. The Morgan fingerprint density at radius 3 is 2.55 bits per heavy atom. The van der Waals surface area contributed by atoms with E-state index >= 15 is 0 Å². The van der Waals surface area contributed by atoms with Crippen LogP contribution in [0, 0.1) is 11.6 Å². The first-order valence-electron chi connectivity index (χ1n) is 10.7. The molecule has 3 N–H and O–H groups in total. The summed E-state index contributed by atoms with van der Waals surface area (Å²) in [6, 6.07) is 12.3. The lowest BCUT2D eigenvalue weighted by molar-refractivity contribution is -0.132.